The Balaban J connectivity index is 3.20. The summed E-state index contributed by atoms with van der Waals surface area (Å²) < 4.78 is 13.2. The monoisotopic (exact) mass is 266 g/mol. The van der Waals surface area contributed by atoms with E-state index < -0.39 is 11.7 Å². The Morgan fingerprint density at radius 1 is 1.73 bits per heavy atom. The van der Waals surface area contributed by atoms with Crippen LogP contribution in [0.4, 0.5) is 4.39 Å². The highest BCUT2D eigenvalue weighted by Gasteiger charge is 2.07. The van der Waals surface area contributed by atoms with Crippen LogP contribution in [0.2, 0.25) is 0 Å². The summed E-state index contributed by atoms with van der Waals surface area (Å²) in [6.45, 7) is 0. The summed E-state index contributed by atoms with van der Waals surface area (Å²) in [6, 6.07) is 1.15. The van der Waals surface area contributed by atoms with E-state index in [1.165, 1.54) is 0 Å². The van der Waals surface area contributed by atoms with Gasteiger partial charge in [0.2, 0.25) is 0 Å². The van der Waals surface area contributed by atoms with Crippen LogP contribution < -0.4 is 5.73 Å². The summed E-state index contributed by atoms with van der Waals surface area (Å²) in [7, 11) is 0. The summed E-state index contributed by atoms with van der Waals surface area (Å²) in [5.41, 5.74) is 4.67. The van der Waals surface area contributed by atoms with Crippen molar-refractivity contribution in [2.75, 3.05) is 0 Å². The van der Waals surface area contributed by atoms with Crippen LogP contribution in [0.25, 0.3) is 0 Å². The van der Waals surface area contributed by atoms with Gasteiger partial charge in [-0.15, -0.1) is 0 Å². The van der Waals surface area contributed by atoms with E-state index >= 15 is 0 Å². The van der Waals surface area contributed by atoms with E-state index in [1.54, 1.807) is 0 Å². The van der Waals surface area contributed by atoms with Crippen molar-refractivity contribution in [2.45, 2.75) is 0 Å². The van der Waals surface area contributed by atoms with Gasteiger partial charge in [0.1, 0.15) is 9.52 Å². The van der Waals surface area contributed by atoms with Gasteiger partial charge in [0.05, 0.1) is 5.56 Å². The predicted molar refractivity (Wildman–Crippen MR) is 45.4 cm³/mol. The first-order chi connectivity index (χ1) is 5.11. The van der Waals surface area contributed by atoms with E-state index in [-0.39, 0.29) is 5.56 Å². The molecule has 0 aliphatic carbocycles. The fourth-order valence-corrected chi connectivity index (χ4v) is 1.00. The highest BCUT2D eigenvalue weighted by molar-refractivity contribution is 14.1. The Kier molecular flexibility index (Phi) is 2.38. The van der Waals surface area contributed by atoms with Crippen LogP contribution in [0.15, 0.2) is 12.3 Å². The molecule has 1 aromatic heterocycles. The Morgan fingerprint density at radius 2 is 2.36 bits per heavy atom. The number of aromatic nitrogens is 1. The van der Waals surface area contributed by atoms with E-state index in [4.69, 9.17) is 5.73 Å². The smallest absolute Gasteiger partial charge is 0.253 e. The molecule has 1 aromatic rings. The van der Waals surface area contributed by atoms with Crippen LogP contribution in [0.5, 0.6) is 0 Å². The summed E-state index contributed by atoms with van der Waals surface area (Å²) in [5, 5.41) is 0. The molecule has 58 valence electrons. The summed E-state index contributed by atoms with van der Waals surface area (Å²) in [5.74, 6) is -1.43. The molecule has 0 radical (unpaired) electrons. The Morgan fingerprint density at radius 3 is 2.82 bits per heavy atom. The van der Waals surface area contributed by atoms with Gasteiger partial charge in [-0.25, -0.2) is 9.37 Å². The maximum absolute atomic E-state index is 12.8. The first-order valence-corrected chi connectivity index (χ1v) is 3.80. The second-order valence-corrected chi connectivity index (χ2v) is 2.96. The molecule has 0 spiro atoms. The zero-order chi connectivity index (χ0) is 8.43. The summed E-state index contributed by atoms with van der Waals surface area (Å²) >= 11 is 1.84. The van der Waals surface area contributed by atoms with Crippen molar-refractivity contribution in [3.8, 4) is 0 Å². The zero-order valence-corrected chi connectivity index (χ0v) is 7.50. The third-order valence-corrected chi connectivity index (χ3v) is 1.68. The highest BCUT2D eigenvalue weighted by Crippen LogP contribution is 2.07. The largest absolute Gasteiger partial charge is 0.365 e. The number of nitrogens with zero attached hydrogens (tertiary/aromatic N) is 1. The number of carbonyl (C=O) groups excluding carboxylic acids is 1. The molecule has 0 saturated heterocycles. The molecule has 5 heteroatoms. The third-order valence-electron chi connectivity index (χ3n) is 1.09. The minimum Gasteiger partial charge on any atom is -0.365 e. The van der Waals surface area contributed by atoms with Gasteiger partial charge in [-0.1, -0.05) is 0 Å². The lowest BCUT2D eigenvalue weighted by molar-refractivity contribution is 0.0996. The quantitative estimate of drug-likeness (QED) is 0.607. The maximum Gasteiger partial charge on any atom is 0.253 e. The predicted octanol–water partition coefficient (Wildman–Crippen LogP) is 0.924. The van der Waals surface area contributed by atoms with Gasteiger partial charge in [-0.05, 0) is 22.6 Å². The van der Waals surface area contributed by atoms with Crippen molar-refractivity contribution in [1.82, 2.24) is 4.98 Å². The molecule has 0 aliphatic heterocycles. The van der Waals surface area contributed by atoms with Gasteiger partial charge in [0.15, 0.2) is 0 Å². The van der Waals surface area contributed by atoms with E-state index in [0.717, 1.165) is 12.3 Å². The van der Waals surface area contributed by atoms with Crippen LogP contribution >= 0.6 is 22.6 Å². The lowest BCUT2D eigenvalue weighted by atomic mass is 10.3. The van der Waals surface area contributed by atoms with Crippen LogP contribution in [0.3, 0.4) is 0 Å². The van der Waals surface area contributed by atoms with Crippen molar-refractivity contribution in [2.24, 2.45) is 5.73 Å². The molecule has 0 aliphatic rings. The SMILES string of the molecule is NC(=O)c1cnc(I)cc1F. The van der Waals surface area contributed by atoms with Gasteiger partial charge in [-0.3, -0.25) is 4.79 Å². The lowest BCUT2D eigenvalue weighted by Crippen LogP contribution is -2.13. The number of primary amides is 1. The molecular weight excluding hydrogens is 262 g/mol. The molecule has 0 fully saturated rings. The molecule has 2 N–H and O–H groups in total. The lowest BCUT2D eigenvalue weighted by Gasteiger charge is -1.96. The second-order valence-electron chi connectivity index (χ2n) is 1.85. The fourth-order valence-electron chi connectivity index (χ4n) is 0.589. The third kappa shape index (κ3) is 1.86. The molecule has 3 nitrogen and oxygen atoms in total. The molecule has 1 amide bonds. The van der Waals surface area contributed by atoms with Crippen molar-refractivity contribution >= 4 is 28.5 Å². The normalized spacial score (nSPS) is 9.64. The van der Waals surface area contributed by atoms with Gasteiger partial charge in [0, 0.05) is 12.3 Å². The number of nitrogens with two attached hydrogens (primary N) is 1. The average Bonchev–Trinajstić information content (AvgIpc) is 1.85. The summed E-state index contributed by atoms with van der Waals surface area (Å²) in [4.78, 5) is 14.2. The van der Waals surface area contributed by atoms with E-state index in [1.807, 2.05) is 22.6 Å². The number of amides is 1. The Bertz CT molecular complexity index is 303. The van der Waals surface area contributed by atoms with Crippen molar-refractivity contribution in [1.29, 1.82) is 0 Å². The molecule has 0 saturated carbocycles. The standard InChI is InChI=1S/C6H4FIN2O/c7-4-1-5(8)10-2-3(4)6(9)11/h1-2H,(H2,9,11). The zero-order valence-electron chi connectivity index (χ0n) is 5.34. The van der Waals surface area contributed by atoms with Crippen molar-refractivity contribution in [3.05, 3.63) is 27.3 Å². The number of carbonyl (C=O) groups is 1. The molecule has 0 atom stereocenters. The van der Waals surface area contributed by atoms with E-state index in [0.29, 0.717) is 3.70 Å². The fraction of sp³-hybridized carbons (Fsp3) is 0. The minimum absolute atomic E-state index is 0.176. The number of hydrogen-bond donors (Lipinski definition) is 1. The molecular formula is C6H4FIN2O. The molecule has 1 heterocycles. The van der Waals surface area contributed by atoms with Crippen LogP contribution in [-0.4, -0.2) is 10.9 Å². The van der Waals surface area contributed by atoms with Crippen LogP contribution in [0.1, 0.15) is 10.4 Å². The van der Waals surface area contributed by atoms with E-state index in [2.05, 4.69) is 4.98 Å². The topological polar surface area (TPSA) is 56.0 Å². The second kappa shape index (κ2) is 3.12. The molecule has 0 unspecified atom stereocenters. The first-order valence-electron chi connectivity index (χ1n) is 2.72. The average molecular weight is 266 g/mol. The highest BCUT2D eigenvalue weighted by atomic mass is 127. The number of pyridine rings is 1. The van der Waals surface area contributed by atoms with Crippen molar-refractivity contribution in [3.63, 3.8) is 0 Å². The van der Waals surface area contributed by atoms with Crippen LogP contribution in [-0.2, 0) is 0 Å². The Hall–Kier alpha value is -0.720. The van der Waals surface area contributed by atoms with Gasteiger partial charge < -0.3 is 5.73 Å². The Labute approximate surface area is 75.9 Å². The number of rotatable bonds is 1. The maximum atomic E-state index is 12.8. The van der Waals surface area contributed by atoms with Crippen LogP contribution in [0, 0.1) is 9.52 Å². The van der Waals surface area contributed by atoms with Gasteiger partial charge >= 0.3 is 0 Å². The van der Waals surface area contributed by atoms with Gasteiger partial charge in [0.25, 0.3) is 5.91 Å². The summed E-state index contributed by atoms with van der Waals surface area (Å²) in [6.07, 6.45) is 1.12. The van der Waals surface area contributed by atoms with Crippen molar-refractivity contribution < 1.29 is 9.18 Å². The molecule has 11 heavy (non-hydrogen) atoms. The van der Waals surface area contributed by atoms with E-state index in [9.17, 15) is 9.18 Å². The molecule has 1 rings (SSSR count). The molecule has 0 bridgehead atoms. The number of halogens is 2. The first kappa shape index (κ1) is 8.38. The number of hydrogen-bond acceptors (Lipinski definition) is 2. The minimum atomic E-state index is -0.800. The molecule has 0 aromatic carbocycles. The van der Waals surface area contributed by atoms with Gasteiger partial charge in [-0.2, -0.15) is 0 Å².